The minimum absolute atomic E-state index is 0.546. The lowest BCUT2D eigenvalue weighted by Gasteiger charge is -2.33. The average molecular weight is 514 g/mol. The van der Waals surface area contributed by atoms with Gasteiger partial charge in [0.1, 0.15) is 11.7 Å². The highest BCUT2D eigenvalue weighted by Gasteiger charge is 2.33. The summed E-state index contributed by atoms with van der Waals surface area (Å²) in [7, 11) is 11.9. The zero-order chi connectivity index (χ0) is 26.3. The van der Waals surface area contributed by atoms with Crippen molar-refractivity contribution in [3.8, 4) is 0 Å². The standard InChI is InChI=1S/C27H31N9S/c1-28-21-12-16(34(3)4)8-10-19(21)25-30-23-14-18(37-7)15-24-31-26(33-27(32-25)36(23)24)20-11-9-17(35(5)6)13-22(20)29-2/h8-15,28-29H,1-7H3. The van der Waals surface area contributed by atoms with E-state index in [-0.39, 0.29) is 0 Å². The zero-order valence-electron chi connectivity index (χ0n) is 22.2. The van der Waals surface area contributed by atoms with Crippen LogP contribution in [0.2, 0.25) is 0 Å². The normalized spacial score (nSPS) is 15.9. The van der Waals surface area contributed by atoms with Gasteiger partial charge >= 0.3 is 0 Å². The number of allylic oxidation sites excluding steroid dienone is 1. The van der Waals surface area contributed by atoms with Gasteiger partial charge in [-0.2, -0.15) is 9.98 Å². The van der Waals surface area contributed by atoms with Gasteiger partial charge in [0.2, 0.25) is 5.96 Å². The van der Waals surface area contributed by atoms with Gasteiger partial charge in [-0.25, -0.2) is 14.9 Å². The summed E-state index contributed by atoms with van der Waals surface area (Å²) in [5.41, 5.74) is 5.91. The zero-order valence-corrected chi connectivity index (χ0v) is 23.0. The minimum atomic E-state index is 0.546. The number of thioether (sulfide) groups is 1. The SMILES string of the molecule is CNc1cc(N(C)C)ccc1C1=NC2=CC(SC)=CC3=NC(c4ccc(N(C)C)cc4NC)=NC(=N1)N23. The first-order valence-corrected chi connectivity index (χ1v) is 13.2. The largest absolute Gasteiger partial charge is 0.387 e. The lowest BCUT2D eigenvalue weighted by Crippen LogP contribution is -2.42. The van der Waals surface area contributed by atoms with Gasteiger partial charge in [0.05, 0.1) is 0 Å². The molecule has 0 radical (unpaired) electrons. The smallest absolute Gasteiger partial charge is 0.241 e. The van der Waals surface area contributed by atoms with Crippen molar-refractivity contribution in [2.75, 3.05) is 69.0 Å². The van der Waals surface area contributed by atoms with E-state index < -0.39 is 0 Å². The molecule has 3 aliphatic heterocycles. The topological polar surface area (TPSA) is 83.2 Å². The number of aliphatic imine (C=N–C) groups is 4. The molecule has 2 N–H and O–H groups in total. The van der Waals surface area contributed by atoms with E-state index in [4.69, 9.17) is 20.0 Å². The van der Waals surface area contributed by atoms with Crippen LogP contribution in [0.5, 0.6) is 0 Å². The van der Waals surface area contributed by atoms with Crippen LogP contribution in [0.15, 0.2) is 79.2 Å². The fourth-order valence-corrected chi connectivity index (χ4v) is 4.72. The molecule has 0 atom stereocenters. The molecule has 2 aromatic carbocycles. The van der Waals surface area contributed by atoms with Gasteiger partial charge in [0.25, 0.3) is 0 Å². The van der Waals surface area contributed by atoms with Crippen LogP contribution < -0.4 is 20.4 Å². The first-order valence-electron chi connectivity index (χ1n) is 11.9. The van der Waals surface area contributed by atoms with Gasteiger partial charge in [-0.3, -0.25) is 0 Å². The van der Waals surface area contributed by atoms with Crippen LogP contribution in [-0.2, 0) is 0 Å². The lowest BCUT2D eigenvalue weighted by molar-refractivity contribution is 0.710. The maximum atomic E-state index is 4.94. The third-order valence-corrected chi connectivity index (χ3v) is 7.06. The van der Waals surface area contributed by atoms with Crippen LogP contribution in [0.3, 0.4) is 0 Å². The van der Waals surface area contributed by atoms with Gasteiger partial charge < -0.3 is 20.4 Å². The molecule has 190 valence electrons. The molecule has 0 unspecified atom stereocenters. The maximum Gasteiger partial charge on any atom is 0.241 e. The molecule has 0 saturated heterocycles. The Labute approximate surface area is 222 Å². The molecule has 0 bridgehead atoms. The van der Waals surface area contributed by atoms with Crippen LogP contribution >= 0.6 is 11.8 Å². The van der Waals surface area contributed by atoms with Crippen molar-refractivity contribution in [2.45, 2.75) is 0 Å². The summed E-state index contributed by atoms with van der Waals surface area (Å²) in [5.74, 6) is 3.27. The highest BCUT2D eigenvalue weighted by Crippen LogP contribution is 2.33. The Hall–Kier alpha value is -4.05. The van der Waals surface area contributed by atoms with Crippen LogP contribution in [0, 0.1) is 0 Å². The minimum Gasteiger partial charge on any atom is -0.387 e. The third kappa shape index (κ3) is 4.48. The molecule has 3 aliphatic rings. The second kappa shape index (κ2) is 9.78. The van der Waals surface area contributed by atoms with E-state index in [1.807, 2.05) is 47.2 Å². The molecule has 9 nitrogen and oxygen atoms in total. The van der Waals surface area contributed by atoms with E-state index in [9.17, 15) is 0 Å². The van der Waals surface area contributed by atoms with Gasteiger partial charge in [0.15, 0.2) is 11.7 Å². The second-order valence-electron chi connectivity index (χ2n) is 9.09. The molecule has 2 aromatic rings. The lowest BCUT2D eigenvalue weighted by atomic mass is 10.1. The molecule has 0 aliphatic carbocycles. The number of amidine groups is 3. The number of hydrogen-bond donors (Lipinski definition) is 2. The van der Waals surface area contributed by atoms with Crippen molar-refractivity contribution < 1.29 is 0 Å². The molecule has 5 rings (SSSR count). The number of hydrogen-bond acceptors (Lipinski definition) is 10. The predicted octanol–water partition coefficient (Wildman–Crippen LogP) is 4.28. The van der Waals surface area contributed by atoms with E-state index in [0.29, 0.717) is 17.6 Å². The second-order valence-corrected chi connectivity index (χ2v) is 9.97. The summed E-state index contributed by atoms with van der Waals surface area (Å²) in [6.07, 6.45) is 6.16. The fourth-order valence-electron chi connectivity index (χ4n) is 4.28. The number of benzene rings is 2. The van der Waals surface area contributed by atoms with Crippen molar-refractivity contribution in [1.29, 1.82) is 0 Å². The van der Waals surface area contributed by atoms with Gasteiger partial charge in [-0.05, 0) is 54.8 Å². The van der Waals surface area contributed by atoms with Crippen LogP contribution in [0.25, 0.3) is 0 Å². The van der Waals surface area contributed by atoms with Crippen molar-refractivity contribution in [3.63, 3.8) is 0 Å². The third-order valence-electron chi connectivity index (χ3n) is 6.35. The Morgan fingerprint density at radius 2 is 1.30 bits per heavy atom. The summed E-state index contributed by atoms with van der Waals surface area (Å²) in [6.45, 7) is 0. The molecule has 3 heterocycles. The summed E-state index contributed by atoms with van der Waals surface area (Å²) in [5, 5.41) is 6.61. The highest BCUT2D eigenvalue weighted by atomic mass is 32.2. The number of anilines is 4. The van der Waals surface area contributed by atoms with Crippen molar-refractivity contribution in [3.05, 3.63) is 70.4 Å². The molecule has 0 saturated carbocycles. The molecule has 0 fully saturated rings. The molecule has 0 aromatic heterocycles. The Bertz CT molecular complexity index is 1380. The van der Waals surface area contributed by atoms with E-state index in [0.717, 1.165) is 50.4 Å². The van der Waals surface area contributed by atoms with E-state index in [1.54, 1.807) is 11.8 Å². The van der Waals surface area contributed by atoms with Crippen LogP contribution in [0.4, 0.5) is 22.7 Å². The summed E-state index contributed by atoms with van der Waals surface area (Å²) in [6, 6.07) is 12.4. The van der Waals surface area contributed by atoms with Crippen molar-refractivity contribution in [1.82, 2.24) is 4.90 Å². The molecule has 0 spiro atoms. The summed E-state index contributed by atoms with van der Waals surface area (Å²) >= 11 is 1.66. The first-order chi connectivity index (χ1) is 17.8. The van der Waals surface area contributed by atoms with E-state index >= 15 is 0 Å². The van der Waals surface area contributed by atoms with Crippen LogP contribution in [-0.4, -0.2) is 76.9 Å². The quantitative estimate of drug-likeness (QED) is 0.575. The number of guanidine groups is 1. The van der Waals surface area contributed by atoms with Crippen molar-refractivity contribution >= 4 is 58.0 Å². The monoisotopic (exact) mass is 513 g/mol. The Balaban J connectivity index is 1.66. The Morgan fingerprint density at radius 1 is 0.730 bits per heavy atom. The van der Waals surface area contributed by atoms with Gasteiger partial charge in [0, 0.05) is 81.1 Å². The number of nitrogens with one attached hydrogen (secondary N) is 2. The van der Waals surface area contributed by atoms with Crippen LogP contribution in [0.1, 0.15) is 11.1 Å². The molecule has 10 heteroatoms. The van der Waals surface area contributed by atoms with Crippen molar-refractivity contribution in [2.24, 2.45) is 20.0 Å². The fraction of sp³-hybridized carbons (Fsp3) is 0.259. The number of nitrogens with zero attached hydrogens (tertiary/aromatic N) is 7. The average Bonchev–Trinajstić information content (AvgIpc) is 2.91. The number of rotatable bonds is 7. The van der Waals surface area contributed by atoms with Gasteiger partial charge in [-0.15, -0.1) is 11.8 Å². The molecular formula is C27H31N9S. The Kier molecular flexibility index (Phi) is 6.51. The Morgan fingerprint density at radius 3 is 1.81 bits per heavy atom. The van der Waals surface area contributed by atoms with E-state index in [1.165, 1.54) is 0 Å². The molecular weight excluding hydrogens is 482 g/mol. The van der Waals surface area contributed by atoms with E-state index in [2.05, 4.69) is 75.2 Å². The highest BCUT2D eigenvalue weighted by molar-refractivity contribution is 8.02. The summed E-state index contributed by atoms with van der Waals surface area (Å²) in [4.78, 5) is 26.9. The summed E-state index contributed by atoms with van der Waals surface area (Å²) < 4.78 is 0. The molecule has 37 heavy (non-hydrogen) atoms. The maximum absolute atomic E-state index is 4.94. The predicted molar refractivity (Wildman–Crippen MR) is 160 cm³/mol. The molecule has 0 amide bonds. The van der Waals surface area contributed by atoms with Gasteiger partial charge in [-0.1, -0.05) is 0 Å². The first kappa shape index (κ1) is 24.6.